The first kappa shape index (κ1) is 9.97. The smallest absolute Gasteiger partial charge is 0.123 e. The van der Waals surface area contributed by atoms with Crippen molar-refractivity contribution < 1.29 is 4.39 Å². The molecule has 0 spiro atoms. The van der Waals surface area contributed by atoms with E-state index < -0.39 is 0 Å². The molecule has 0 amide bonds. The molecule has 1 nitrogen and oxygen atoms in total. The molecule has 1 atom stereocenters. The van der Waals surface area contributed by atoms with Crippen LogP contribution < -0.4 is 4.90 Å². The molecule has 0 unspecified atom stereocenters. The van der Waals surface area contributed by atoms with Crippen molar-refractivity contribution in [1.29, 1.82) is 0 Å². The number of rotatable bonds is 2. The zero-order valence-corrected chi connectivity index (χ0v) is 9.50. The number of nitrogens with zero attached hydrogens (tertiary/aromatic N) is 1. The maximum Gasteiger partial charge on any atom is 0.123 e. The van der Waals surface area contributed by atoms with Gasteiger partial charge in [-0.25, -0.2) is 4.39 Å². The van der Waals surface area contributed by atoms with Crippen molar-refractivity contribution in [2.75, 3.05) is 23.3 Å². The monoisotopic (exact) mass is 257 g/mol. The Labute approximate surface area is 92.0 Å². The van der Waals surface area contributed by atoms with E-state index in [1.165, 1.54) is 18.6 Å². The van der Waals surface area contributed by atoms with E-state index in [0.29, 0.717) is 0 Å². The van der Waals surface area contributed by atoms with Crippen molar-refractivity contribution in [2.45, 2.75) is 6.42 Å². The Balaban J connectivity index is 2.06. The Morgan fingerprint density at radius 3 is 2.64 bits per heavy atom. The molecule has 14 heavy (non-hydrogen) atoms. The van der Waals surface area contributed by atoms with E-state index in [1.54, 1.807) is 0 Å². The molecular formula is C11H13BrFN. The molecule has 0 bridgehead atoms. The average Bonchev–Trinajstić information content (AvgIpc) is 2.67. The maximum atomic E-state index is 12.7. The van der Waals surface area contributed by atoms with Gasteiger partial charge in [-0.15, -0.1) is 0 Å². The number of anilines is 1. The van der Waals surface area contributed by atoms with Crippen LogP contribution in [-0.2, 0) is 0 Å². The van der Waals surface area contributed by atoms with Crippen molar-refractivity contribution in [2.24, 2.45) is 5.92 Å². The Kier molecular flexibility index (Phi) is 3.06. The summed E-state index contributed by atoms with van der Waals surface area (Å²) in [4.78, 5) is 2.31. The molecule has 0 N–H and O–H groups in total. The fourth-order valence-corrected chi connectivity index (χ4v) is 2.37. The van der Waals surface area contributed by atoms with Gasteiger partial charge < -0.3 is 4.90 Å². The van der Waals surface area contributed by atoms with Crippen molar-refractivity contribution in [3.8, 4) is 0 Å². The van der Waals surface area contributed by atoms with Gasteiger partial charge in [0.2, 0.25) is 0 Å². The van der Waals surface area contributed by atoms with Gasteiger partial charge in [-0.05, 0) is 36.6 Å². The Hall–Kier alpha value is -0.570. The first-order valence-electron chi connectivity index (χ1n) is 4.86. The largest absolute Gasteiger partial charge is 0.371 e. The van der Waals surface area contributed by atoms with Gasteiger partial charge in [-0.3, -0.25) is 0 Å². The van der Waals surface area contributed by atoms with Gasteiger partial charge in [0.25, 0.3) is 0 Å². The van der Waals surface area contributed by atoms with Gasteiger partial charge in [0.15, 0.2) is 0 Å². The number of halogens is 2. The minimum atomic E-state index is -0.162. The van der Waals surface area contributed by atoms with Crippen LogP contribution in [0.3, 0.4) is 0 Å². The quantitative estimate of drug-likeness (QED) is 0.737. The second-order valence-corrected chi connectivity index (χ2v) is 4.38. The third kappa shape index (κ3) is 2.08. The molecule has 1 aliphatic heterocycles. The van der Waals surface area contributed by atoms with Crippen LogP contribution in [-0.4, -0.2) is 18.4 Å². The van der Waals surface area contributed by atoms with Crippen molar-refractivity contribution in [3.05, 3.63) is 30.1 Å². The summed E-state index contributed by atoms with van der Waals surface area (Å²) in [7, 11) is 0. The van der Waals surface area contributed by atoms with Crippen molar-refractivity contribution >= 4 is 21.6 Å². The van der Waals surface area contributed by atoms with E-state index in [4.69, 9.17) is 0 Å². The second kappa shape index (κ2) is 4.30. The summed E-state index contributed by atoms with van der Waals surface area (Å²) in [6, 6.07) is 6.76. The molecule has 1 aromatic carbocycles. The van der Waals surface area contributed by atoms with E-state index >= 15 is 0 Å². The molecule has 0 saturated carbocycles. The van der Waals surface area contributed by atoms with Crippen LogP contribution in [0.2, 0.25) is 0 Å². The van der Waals surface area contributed by atoms with Crippen LogP contribution in [0, 0.1) is 11.7 Å². The maximum absolute atomic E-state index is 12.7. The summed E-state index contributed by atoms with van der Waals surface area (Å²) in [5.74, 6) is 0.574. The summed E-state index contributed by atoms with van der Waals surface area (Å²) in [5, 5.41) is 1.06. The van der Waals surface area contributed by atoms with Crippen LogP contribution in [0.15, 0.2) is 24.3 Å². The van der Waals surface area contributed by atoms with Gasteiger partial charge in [0, 0.05) is 24.1 Å². The summed E-state index contributed by atoms with van der Waals surface area (Å²) in [6.45, 7) is 2.17. The van der Waals surface area contributed by atoms with Crippen LogP contribution >= 0.6 is 15.9 Å². The molecule has 1 saturated heterocycles. The molecule has 76 valence electrons. The summed E-state index contributed by atoms with van der Waals surface area (Å²) >= 11 is 3.50. The van der Waals surface area contributed by atoms with Crippen LogP contribution in [0.1, 0.15) is 6.42 Å². The highest BCUT2D eigenvalue weighted by Crippen LogP contribution is 2.24. The molecule has 1 aromatic rings. The number of hydrogen-bond donors (Lipinski definition) is 0. The van der Waals surface area contributed by atoms with E-state index in [0.717, 1.165) is 30.0 Å². The van der Waals surface area contributed by atoms with Crippen LogP contribution in [0.25, 0.3) is 0 Å². The average molecular weight is 258 g/mol. The van der Waals surface area contributed by atoms with E-state index in [2.05, 4.69) is 20.8 Å². The molecule has 0 radical (unpaired) electrons. The van der Waals surface area contributed by atoms with Gasteiger partial charge in [0.1, 0.15) is 5.82 Å². The highest BCUT2D eigenvalue weighted by Gasteiger charge is 2.21. The highest BCUT2D eigenvalue weighted by atomic mass is 79.9. The van der Waals surface area contributed by atoms with Crippen molar-refractivity contribution in [3.63, 3.8) is 0 Å². The highest BCUT2D eigenvalue weighted by molar-refractivity contribution is 9.09. The number of benzene rings is 1. The Morgan fingerprint density at radius 1 is 1.36 bits per heavy atom. The van der Waals surface area contributed by atoms with Crippen molar-refractivity contribution in [1.82, 2.24) is 0 Å². The normalized spacial score (nSPS) is 21.6. The summed E-state index contributed by atoms with van der Waals surface area (Å²) in [6.07, 6.45) is 1.22. The molecule has 3 heteroatoms. The molecule has 1 heterocycles. The minimum absolute atomic E-state index is 0.162. The molecule has 1 fully saturated rings. The number of alkyl halides is 1. The molecular weight excluding hydrogens is 245 g/mol. The lowest BCUT2D eigenvalue weighted by molar-refractivity contribution is 0.627. The zero-order chi connectivity index (χ0) is 9.97. The SMILES string of the molecule is Fc1ccc(N2CC[C@H](CBr)C2)cc1. The van der Waals surface area contributed by atoms with Gasteiger partial charge in [0.05, 0.1) is 0 Å². The fraction of sp³-hybridized carbons (Fsp3) is 0.455. The van der Waals surface area contributed by atoms with E-state index in [1.807, 2.05) is 12.1 Å². The Morgan fingerprint density at radius 2 is 2.07 bits per heavy atom. The lowest BCUT2D eigenvalue weighted by atomic mass is 10.2. The van der Waals surface area contributed by atoms with Gasteiger partial charge >= 0.3 is 0 Å². The molecule has 0 aromatic heterocycles. The summed E-state index contributed by atoms with van der Waals surface area (Å²) in [5.41, 5.74) is 1.13. The standard InChI is InChI=1S/C11H13BrFN/c12-7-9-5-6-14(8-9)11-3-1-10(13)2-4-11/h1-4,9H,5-8H2/t9-/m1/s1. The molecule has 2 rings (SSSR count). The third-order valence-corrected chi connectivity index (χ3v) is 3.61. The third-order valence-electron chi connectivity index (χ3n) is 2.70. The number of hydrogen-bond acceptors (Lipinski definition) is 1. The second-order valence-electron chi connectivity index (χ2n) is 3.73. The first-order valence-corrected chi connectivity index (χ1v) is 5.98. The fourth-order valence-electron chi connectivity index (χ4n) is 1.85. The first-order chi connectivity index (χ1) is 6.79. The predicted molar refractivity (Wildman–Crippen MR) is 60.5 cm³/mol. The molecule has 0 aliphatic carbocycles. The minimum Gasteiger partial charge on any atom is -0.371 e. The van der Waals surface area contributed by atoms with Crippen LogP contribution in [0.5, 0.6) is 0 Å². The zero-order valence-electron chi connectivity index (χ0n) is 7.92. The predicted octanol–water partition coefficient (Wildman–Crippen LogP) is 3.05. The lowest BCUT2D eigenvalue weighted by Gasteiger charge is -2.18. The van der Waals surface area contributed by atoms with Crippen LogP contribution in [0.4, 0.5) is 10.1 Å². The van der Waals surface area contributed by atoms with E-state index in [9.17, 15) is 4.39 Å². The van der Waals surface area contributed by atoms with Gasteiger partial charge in [-0.1, -0.05) is 15.9 Å². The molecule has 1 aliphatic rings. The summed E-state index contributed by atoms with van der Waals surface area (Å²) < 4.78 is 12.7. The Bertz CT molecular complexity index is 299. The lowest BCUT2D eigenvalue weighted by Crippen LogP contribution is -2.19. The van der Waals surface area contributed by atoms with Gasteiger partial charge in [-0.2, -0.15) is 0 Å². The topological polar surface area (TPSA) is 3.24 Å². The van der Waals surface area contributed by atoms with E-state index in [-0.39, 0.29) is 5.82 Å².